The summed E-state index contributed by atoms with van der Waals surface area (Å²) in [6.45, 7) is 2.95. The molecule has 0 radical (unpaired) electrons. The van der Waals surface area contributed by atoms with Crippen LogP contribution in [0.5, 0.6) is 0 Å². The Morgan fingerprint density at radius 1 is 1.15 bits per heavy atom. The van der Waals surface area contributed by atoms with Crippen LogP contribution in [-0.2, 0) is 18.4 Å². The second kappa shape index (κ2) is 8.85. The van der Waals surface area contributed by atoms with Gasteiger partial charge in [-0.25, -0.2) is 4.79 Å². The predicted molar refractivity (Wildman–Crippen MR) is 122 cm³/mol. The van der Waals surface area contributed by atoms with Crippen LogP contribution in [0.15, 0.2) is 48.7 Å². The quantitative estimate of drug-likeness (QED) is 0.431. The van der Waals surface area contributed by atoms with E-state index in [-0.39, 0.29) is 5.91 Å². The highest BCUT2D eigenvalue weighted by atomic mass is 19.4. The normalized spacial score (nSPS) is 13.6. The minimum Gasteiger partial charge on any atom is -0.475 e. The highest BCUT2D eigenvalue weighted by Gasteiger charge is 2.38. The number of aliphatic carboxylic acids is 1. The average molecular weight is 472 g/mol. The van der Waals surface area contributed by atoms with Gasteiger partial charge in [-0.2, -0.15) is 13.2 Å². The van der Waals surface area contributed by atoms with Crippen LogP contribution < -0.4 is 5.32 Å². The fourth-order valence-corrected chi connectivity index (χ4v) is 3.86. The summed E-state index contributed by atoms with van der Waals surface area (Å²) in [5.41, 5.74) is 5.81. The molecule has 7 nitrogen and oxygen atoms in total. The van der Waals surface area contributed by atoms with Crippen LogP contribution in [0.3, 0.4) is 0 Å². The summed E-state index contributed by atoms with van der Waals surface area (Å²) < 4.78 is 36.1. The number of benzene rings is 1. The van der Waals surface area contributed by atoms with Crippen molar-refractivity contribution in [1.82, 2.24) is 14.1 Å². The van der Waals surface area contributed by atoms with Gasteiger partial charge in [-0.15, -0.1) is 0 Å². The largest absolute Gasteiger partial charge is 0.490 e. The highest BCUT2D eigenvalue weighted by molar-refractivity contribution is 6.12. The summed E-state index contributed by atoms with van der Waals surface area (Å²) >= 11 is 0. The molecule has 178 valence electrons. The van der Waals surface area contributed by atoms with Crippen molar-refractivity contribution < 1.29 is 27.9 Å². The predicted octanol–water partition coefficient (Wildman–Crippen LogP) is 5.13. The van der Waals surface area contributed by atoms with Crippen LogP contribution in [0.25, 0.3) is 21.9 Å². The number of nitrogens with zero attached hydrogens (tertiary/aromatic N) is 3. The highest BCUT2D eigenvalue weighted by Crippen LogP contribution is 2.37. The van der Waals surface area contributed by atoms with Crippen molar-refractivity contribution in [1.29, 1.82) is 0 Å². The number of hydrogen-bond acceptors (Lipinski definition) is 3. The molecule has 0 bridgehead atoms. The van der Waals surface area contributed by atoms with E-state index in [1.54, 1.807) is 6.20 Å². The maximum absolute atomic E-state index is 12.9. The summed E-state index contributed by atoms with van der Waals surface area (Å²) in [7, 11) is 1.97. The molecule has 1 amide bonds. The Balaban J connectivity index is 0.000000344. The molecule has 0 spiro atoms. The SMILES string of the molecule is Cc1ccc(NC(=O)c2cc3c(c4ccccc4n3CC3CC3)n2C)cn1.O=C(O)C(F)(F)F. The van der Waals surface area contributed by atoms with Crippen molar-refractivity contribution in [2.45, 2.75) is 32.5 Å². The van der Waals surface area contributed by atoms with E-state index in [0.717, 1.165) is 29.2 Å². The van der Waals surface area contributed by atoms with E-state index >= 15 is 0 Å². The first-order valence-electron chi connectivity index (χ1n) is 10.7. The minimum absolute atomic E-state index is 0.110. The Labute approximate surface area is 192 Å². The fourth-order valence-electron chi connectivity index (χ4n) is 3.86. The van der Waals surface area contributed by atoms with Gasteiger partial charge in [0.05, 0.1) is 28.4 Å². The number of amides is 1. The summed E-state index contributed by atoms with van der Waals surface area (Å²) in [6.07, 6.45) is -0.790. The molecule has 0 unspecified atom stereocenters. The lowest BCUT2D eigenvalue weighted by Crippen LogP contribution is -2.21. The lowest BCUT2D eigenvalue weighted by molar-refractivity contribution is -0.192. The van der Waals surface area contributed by atoms with E-state index in [0.29, 0.717) is 11.4 Å². The third-order valence-electron chi connectivity index (χ3n) is 5.74. The second-order valence-corrected chi connectivity index (χ2v) is 8.34. The first kappa shape index (κ1) is 23.3. The molecule has 3 aromatic heterocycles. The number of aromatic nitrogens is 3. The van der Waals surface area contributed by atoms with Crippen LogP contribution >= 0.6 is 0 Å². The van der Waals surface area contributed by atoms with Gasteiger partial charge in [0.15, 0.2) is 0 Å². The first-order chi connectivity index (χ1) is 16.1. The third kappa shape index (κ3) is 4.75. The molecular formula is C24H23F3N4O3. The number of nitrogens with one attached hydrogen (secondary N) is 1. The monoisotopic (exact) mass is 472 g/mol. The number of fused-ring (bicyclic) bond motifs is 3. The number of carbonyl (C=O) groups is 2. The second-order valence-electron chi connectivity index (χ2n) is 8.34. The van der Waals surface area contributed by atoms with Crippen LogP contribution in [0.4, 0.5) is 18.9 Å². The zero-order chi connectivity index (χ0) is 24.6. The number of rotatable bonds is 4. The molecule has 1 aliphatic rings. The van der Waals surface area contributed by atoms with Crippen LogP contribution in [-0.4, -0.2) is 37.3 Å². The van der Waals surface area contributed by atoms with Crippen molar-refractivity contribution in [2.75, 3.05) is 5.32 Å². The Hall–Kier alpha value is -3.82. The lowest BCUT2D eigenvalue weighted by atomic mass is 10.2. The molecule has 0 atom stereocenters. The van der Waals surface area contributed by atoms with E-state index in [9.17, 15) is 18.0 Å². The van der Waals surface area contributed by atoms with Gasteiger partial charge in [-0.3, -0.25) is 9.78 Å². The first-order valence-corrected chi connectivity index (χ1v) is 10.7. The van der Waals surface area contributed by atoms with Gasteiger partial charge in [0.25, 0.3) is 5.91 Å². The number of aryl methyl sites for hydroxylation is 2. The van der Waals surface area contributed by atoms with E-state index in [4.69, 9.17) is 9.90 Å². The van der Waals surface area contributed by atoms with E-state index in [1.165, 1.54) is 23.7 Å². The summed E-state index contributed by atoms with van der Waals surface area (Å²) in [5.74, 6) is -2.10. The number of carboxylic acid groups (broad SMARTS) is 1. The maximum atomic E-state index is 12.9. The lowest BCUT2D eigenvalue weighted by Gasteiger charge is -2.07. The van der Waals surface area contributed by atoms with Gasteiger partial charge >= 0.3 is 12.1 Å². The van der Waals surface area contributed by atoms with E-state index in [1.807, 2.05) is 36.7 Å². The molecule has 34 heavy (non-hydrogen) atoms. The van der Waals surface area contributed by atoms with E-state index < -0.39 is 12.1 Å². The zero-order valence-electron chi connectivity index (χ0n) is 18.6. The van der Waals surface area contributed by atoms with Gasteiger partial charge in [0.1, 0.15) is 5.69 Å². The molecule has 4 aromatic rings. The fraction of sp³-hybridized carbons (Fsp3) is 0.292. The summed E-state index contributed by atoms with van der Waals surface area (Å²) in [4.78, 5) is 26.0. The number of anilines is 1. The summed E-state index contributed by atoms with van der Waals surface area (Å²) in [5, 5.41) is 11.3. The van der Waals surface area contributed by atoms with Crippen LogP contribution in [0, 0.1) is 12.8 Å². The van der Waals surface area contributed by atoms with Crippen LogP contribution in [0.1, 0.15) is 29.0 Å². The van der Waals surface area contributed by atoms with Gasteiger partial charge in [-0.1, -0.05) is 18.2 Å². The summed E-state index contributed by atoms with van der Waals surface area (Å²) in [6, 6.07) is 14.3. The molecule has 0 aliphatic heterocycles. The van der Waals surface area contributed by atoms with Crippen LogP contribution in [0.2, 0.25) is 0 Å². The smallest absolute Gasteiger partial charge is 0.475 e. The minimum atomic E-state index is -5.08. The average Bonchev–Trinajstić information content (AvgIpc) is 3.46. The molecular weight excluding hydrogens is 449 g/mol. The maximum Gasteiger partial charge on any atom is 0.490 e. The topological polar surface area (TPSA) is 89.2 Å². The number of hydrogen-bond donors (Lipinski definition) is 2. The van der Waals surface area contributed by atoms with Gasteiger partial charge < -0.3 is 19.6 Å². The third-order valence-corrected chi connectivity index (χ3v) is 5.74. The van der Waals surface area contributed by atoms with Crippen molar-refractivity contribution in [3.05, 3.63) is 60.0 Å². The number of para-hydroxylation sites is 1. The number of alkyl halides is 3. The molecule has 1 fully saturated rings. The molecule has 10 heteroatoms. The standard InChI is InChI=1S/C22H22N4O.C2HF3O2/c1-14-7-10-16(12-23-14)24-22(27)20-11-19-21(25(20)2)17-5-3-4-6-18(17)26(19)13-15-8-9-15;3-2(4,5)1(6)7/h3-7,10-12,15H,8-9,13H2,1-2H3,(H,24,27);(H,6,7). The Bertz CT molecular complexity index is 1370. The molecule has 2 N–H and O–H groups in total. The Morgan fingerprint density at radius 2 is 1.82 bits per heavy atom. The molecule has 5 rings (SSSR count). The van der Waals surface area contributed by atoms with Gasteiger partial charge in [0, 0.05) is 24.7 Å². The van der Waals surface area contributed by atoms with Crippen molar-refractivity contribution >= 4 is 39.5 Å². The number of carboxylic acids is 1. The number of pyridine rings is 1. The van der Waals surface area contributed by atoms with Crippen molar-refractivity contribution in [2.24, 2.45) is 13.0 Å². The van der Waals surface area contributed by atoms with Crippen molar-refractivity contribution in [3.8, 4) is 0 Å². The molecule has 1 aliphatic carbocycles. The number of halogens is 3. The molecule has 3 heterocycles. The number of carbonyl (C=O) groups excluding carboxylic acids is 1. The van der Waals surface area contributed by atoms with Crippen molar-refractivity contribution in [3.63, 3.8) is 0 Å². The van der Waals surface area contributed by atoms with Gasteiger partial charge in [0.2, 0.25) is 0 Å². The molecule has 1 saturated carbocycles. The Morgan fingerprint density at radius 3 is 2.41 bits per heavy atom. The van der Waals surface area contributed by atoms with Gasteiger partial charge in [-0.05, 0) is 49.9 Å². The van der Waals surface area contributed by atoms with E-state index in [2.05, 4.69) is 39.1 Å². The molecule has 0 saturated heterocycles. The zero-order valence-corrected chi connectivity index (χ0v) is 18.6. The Kier molecular flexibility index (Phi) is 6.07. The molecule has 1 aromatic carbocycles.